The minimum absolute atomic E-state index is 0.0262. The zero-order valence-corrected chi connectivity index (χ0v) is 12.5. The van der Waals surface area contributed by atoms with Crippen LogP contribution in [0.15, 0.2) is 60.7 Å². The molecular formula is C18H18O5. The van der Waals surface area contributed by atoms with Crippen molar-refractivity contribution in [1.82, 2.24) is 0 Å². The smallest absolute Gasteiger partial charge is 0.338 e. The zero-order chi connectivity index (χ0) is 16.1. The molecule has 1 unspecified atom stereocenters. The lowest BCUT2D eigenvalue weighted by Gasteiger charge is -2.33. The van der Waals surface area contributed by atoms with Gasteiger partial charge in [-0.1, -0.05) is 48.5 Å². The Morgan fingerprint density at radius 3 is 2.43 bits per heavy atom. The van der Waals surface area contributed by atoms with E-state index in [9.17, 15) is 9.90 Å². The standard InChI is InChI=1S/C18H18O5/c19-15-11-22-18(14-9-5-2-6-10-14)23-16(15)12-21-17(20)13-7-3-1-4-8-13/h1-10,15-16,18-19H,11-12H2/t15-,16-,18?/m1/s1. The van der Waals surface area contributed by atoms with Crippen LogP contribution in [0.2, 0.25) is 0 Å². The summed E-state index contributed by atoms with van der Waals surface area (Å²) >= 11 is 0. The molecule has 120 valence electrons. The molecule has 3 rings (SSSR count). The van der Waals surface area contributed by atoms with Crippen LogP contribution in [-0.4, -0.2) is 36.5 Å². The van der Waals surface area contributed by atoms with Gasteiger partial charge in [-0.2, -0.15) is 0 Å². The van der Waals surface area contributed by atoms with E-state index in [2.05, 4.69) is 0 Å². The predicted molar refractivity (Wildman–Crippen MR) is 82.7 cm³/mol. The lowest BCUT2D eigenvalue weighted by molar-refractivity contribution is -0.262. The van der Waals surface area contributed by atoms with Gasteiger partial charge in [0.2, 0.25) is 0 Å². The molecule has 2 aromatic carbocycles. The Balaban J connectivity index is 1.59. The van der Waals surface area contributed by atoms with E-state index in [4.69, 9.17) is 14.2 Å². The number of carbonyl (C=O) groups excluding carboxylic acids is 1. The molecule has 5 nitrogen and oxygen atoms in total. The summed E-state index contributed by atoms with van der Waals surface area (Å²) in [6.45, 7) is 0.106. The molecule has 23 heavy (non-hydrogen) atoms. The third-order valence-electron chi connectivity index (χ3n) is 3.61. The maximum atomic E-state index is 12.0. The Morgan fingerprint density at radius 2 is 1.74 bits per heavy atom. The normalized spacial score (nSPS) is 24.1. The van der Waals surface area contributed by atoms with Gasteiger partial charge in [-0.3, -0.25) is 0 Å². The van der Waals surface area contributed by atoms with Crippen molar-refractivity contribution in [2.75, 3.05) is 13.2 Å². The molecule has 0 saturated carbocycles. The first-order valence-electron chi connectivity index (χ1n) is 7.46. The maximum Gasteiger partial charge on any atom is 0.338 e. The van der Waals surface area contributed by atoms with Crippen LogP contribution in [-0.2, 0) is 14.2 Å². The second kappa shape index (κ2) is 7.37. The summed E-state index contributed by atoms with van der Waals surface area (Å²) < 4.78 is 16.4. The van der Waals surface area contributed by atoms with Crippen LogP contribution in [0, 0.1) is 0 Å². The molecule has 0 radical (unpaired) electrons. The van der Waals surface area contributed by atoms with Gasteiger partial charge in [0, 0.05) is 5.56 Å². The summed E-state index contributed by atoms with van der Waals surface area (Å²) in [5.41, 5.74) is 1.33. The van der Waals surface area contributed by atoms with Crippen LogP contribution in [0.25, 0.3) is 0 Å². The fourth-order valence-electron chi connectivity index (χ4n) is 2.33. The molecule has 5 heteroatoms. The summed E-state index contributed by atoms with van der Waals surface area (Å²) in [5.74, 6) is -0.441. The van der Waals surface area contributed by atoms with Crippen LogP contribution < -0.4 is 0 Å². The van der Waals surface area contributed by atoms with Crippen LogP contribution >= 0.6 is 0 Å². The fourth-order valence-corrected chi connectivity index (χ4v) is 2.33. The van der Waals surface area contributed by atoms with E-state index in [1.807, 2.05) is 36.4 Å². The molecule has 1 saturated heterocycles. The Hall–Kier alpha value is -2.21. The van der Waals surface area contributed by atoms with Gasteiger partial charge in [0.05, 0.1) is 12.2 Å². The summed E-state index contributed by atoms with van der Waals surface area (Å²) in [7, 11) is 0. The molecule has 1 aliphatic heterocycles. The maximum absolute atomic E-state index is 12.0. The number of carbonyl (C=O) groups is 1. The van der Waals surface area contributed by atoms with Crippen molar-refractivity contribution in [2.24, 2.45) is 0 Å². The van der Waals surface area contributed by atoms with Crippen molar-refractivity contribution < 1.29 is 24.1 Å². The van der Waals surface area contributed by atoms with Gasteiger partial charge >= 0.3 is 5.97 Å². The van der Waals surface area contributed by atoms with Gasteiger partial charge in [-0.15, -0.1) is 0 Å². The summed E-state index contributed by atoms with van der Waals surface area (Å²) in [6, 6.07) is 18.2. The minimum Gasteiger partial charge on any atom is -0.459 e. The third-order valence-corrected chi connectivity index (χ3v) is 3.61. The first-order valence-corrected chi connectivity index (χ1v) is 7.46. The molecule has 1 aliphatic rings. The zero-order valence-electron chi connectivity index (χ0n) is 12.5. The monoisotopic (exact) mass is 314 g/mol. The van der Waals surface area contributed by atoms with Crippen molar-refractivity contribution in [3.8, 4) is 0 Å². The van der Waals surface area contributed by atoms with E-state index in [0.29, 0.717) is 5.56 Å². The van der Waals surface area contributed by atoms with Gasteiger partial charge in [-0.25, -0.2) is 4.79 Å². The number of hydrogen-bond acceptors (Lipinski definition) is 5. The topological polar surface area (TPSA) is 65.0 Å². The number of hydrogen-bond donors (Lipinski definition) is 1. The highest BCUT2D eigenvalue weighted by atomic mass is 16.7. The quantitative estimate of drug-likeness (QED) is 0.877. The van der Waals surface area contributed by atoms with Gasteiger partial charge in [-0.05, 0) is 12.1 Å². The van der Waals surface area contributed by atoms with Crippen LogP contribution in [0.5, 0.6) is 0 Å². The first-order chi connectivity index (χ1) is 11.2. The van der Waals surface area contributed by atoms with Crippen molar-refractivity contribution in [3.05, 3.63) is 71.8 Å². The summed E-state index contributed by atoms with van der Waals surface area (Å²) in [6.07, 6.45) is -2.03. The number of esters is 1. The molecule has 2 aromatic rings. The first kappa shape index (κ1) is 15.7. The lowest BCUT2D eigenvalue weighted by atomic mass is 10.1. The van der Waals surface area contributed by atoms with Crippen LogP contribution in [0.3, 0.4) is 0 Å². The molecule has 1 fully saturated rings. The molecule has 0 bridgehead atoms. The fraction of sp³-hybridized carbons (Fsp3) is 0.278. The Labute approximate surface area is 134 Å². The van der Waals surface area contributed by atoms with Gasteiger partial charge in [0.25, 0.3) is 0 Å². The summed E-state index contributed by atoms with van der Waals surface area (Å²) in [5, 5.41) is 9.98. The van der Waals surface area contributed by atoms with Crippen molar-refractivity contribution in [2.45, 2.75) is 18.5 Å². The molecule has 0 aliphatic carbocycles. The molecule has 0 spiro atoms. The molecular weight excluding hydrogens is 296 g/mol. The minimum atomic E-state index is -0.835. The van der Waals surface area contributed by atoms with E-state index in [0.717, 1.165) is 5.56 Å². The highest BCUT2D eigenvalue weighted by molar-refractivity contribution is 5.89. The molecule has 1 N–H and O–H groups in total. The lowest BCUT2D eigenvalue weighted by Crippen LogP contribution is -2.43. The molecule has 0 aromatic heterocycles. The SMILES string of the molecule is O=C(OC[C@H]1OC(c2ccccc2)OC[C@H]1O)c1ccccc1. The van der Waals surface area contributed by atoms with E-state index >= 15 is 0 Å². The van der Waals surface area contributed by atoms with Crippen LogP contribution in [0.1, 0.15) is 22.2 Å². The second-order valence-electron chi connectivity index (χ2n) is 5.28. The number of aliphatic hydroxyl groups is 1. The Kier molecular flexibility index (Phi) is 5.02. The molecule has 1 heterocycles. The number of benzene rings is 2. The average Bonchev–Trinajstić information content (AvgIpc) is 2.62. The Morgan fingerprint density at radius 1 is 1.09 bits per heavy atom. The van der Waals surface area contributed by atoms with Gasteiger partial charge in [0.1, 0.15) is 18.8 Å². The Bertz CT molecular complexity index is 628. The average molecular weight is 314 g/mol. The predicted octanol–water partition coefficient (Wildman–Crippen LogP) is 2.32. The number of rotatable bonds is 4. The van der Waals surface area contributed by atoms with Gasteiger partial charge < -0.3 is 19.3 Å². The summed E-state index contributed by atoms with van der Waals surface area (Å²) in [4.78, 5) is 12.0. The largest absolute Gasteiger partial charge is 0.459 e. The van der Waals surface area contributed by atoms with Crippen molar-refractivity contribution in [1.29, 1.82) is 0 Å². The highest BCUT2D eigenvalue weighted by Crippen LogP contribution is 2.26. The second-order valence-corrected chi connectivity index (χ2v) is 5.28. The molecule has 0 amide bonds. The third kappa shape index (κ3) is 3.96. The van der Waals surface area contributed by atoms with E-state index in [-0.39, 0.29) is 13.2 Å². The van der Waals surface area contributed by atoms with Crippen molar-refractivity contribution >= 4 is 5.97 Å². The molecule has 3 atom stereocenters. The van der Waals surface area contributed by atoms with Crippen molar-refractivity contribution in [3.63, 3.8) is 0 Å². The highest BCUT2D eigenvalue weighted by Gasteiger charge is 2.32. The van der Waals surface area contributed by atoms with E-state index in [1.54, 1.807) is 24.3 Å². The van der Waals surface area contributed by atoms with E-state index in [1.165, 1.54) is 0 Å². The number of ether oxygens (including phenoxy) is 3. The van der Waals surface area contributed by atoms with Gasteiger partial charge in [0.15, 0.2) is 6.29 Å². The van der Waals surface area contributed by atoms with E-state index < -0.39 is 24.5 Å². The van der Waals surface area contributed by atoms with Crippen LogP contribution in [0.4, 0.5) is 0 Å². The number of aliphatic hydroxyl groups excluding tert-OH is 1.